The summed E-state index contributed by atoms with van der Waals surface area (Å²) in [6.07, 6.45) is 0. The molecule has 0 atom stereocenters. The first-order chi connectivity index (χ1) is 7.65. The molecule has 0 fully saturated rings. The number of carbonyl (C=O) groups is 1. The van der Waals surface area contributed by atoms with Crippen LogP contribution in [0.4, 0.5) is 0 Å². The second kappa shape index (κ2) is 6.50. The first-order valence-electron chi connectivity index (χ1n) is 4.93. The largest absolute Gasteiger partial charge is 0.482 e. The van der Waals surface area contributed by atoms with Crippen LogP contribution in [0.2, 0.25) is 0 Å². The maximum Gasteiger partial charge on any atom is 0.344 e. The number of esters is 1. The molecular formula is C11H14BrNO3. The van der Waals surface area contributed by atoms with E-state index in [-0.39, 0.29) is 12.6 Å². The molecule has 0 radical (unpaired) electrons. The summed E-state index contributed by atoms with van der Waals surface area (Å²) in [5.74, 6) is 0.222. The summed E-state index contributed by atoms with van der Waals surface area (Å²) in [6, 6.07) is 5.47. The molecule has 0 bridgehead atoms. The third kappa shape index (κ3) is 4.20. The highest BCUT2D eigenvalue weighted by molar-refractivity contribution is 9.10. The lowest BCUT2D eigenvalue weighted by atomic mass is 10.2. The second-order valence-electron chi connectivity index (χ2n) is 3.09. The highest BCUT2D eigenvalue weighted by Crippen LogP contribution is 2.21. The van der Waals surface area contributed by atoms with E-state index >= 15 is 0 Å². The maximum absolute atomic E-state index is 11.1. The van der Waals surface area contributed by atoms with E-state index < -0.39 is 0 Å². The summed E-state index contributed by atoms with van der Waals surface area (Å²) in [4.78, 5) is 11.1. The van der Waals surface area contributed by atoms with Gasteiger partial charge in [-0.2, -0.15) is 0 Å². The molecule has 0 heterocycles. The van der Waals surface area contributed by atoms with Crippen LogP contribution in [0.15, 0.2) is 22.7 Å². The minimum atomic E-state index is -0.378. The van der Waals surface area contributed by atoms with Crippen molar-refractivity contribution in [2.24, 2.45) is 5.73 Å². The first-order valence-corrected chi connectivity index (χ1v) is 5.73. The Kier molecular flexibility index (Phi) is 5.28. The summed E-state index contributed by atoms with van der Waals surface area (Å²) in [6.45, 7) is 2.45. The molecule has 5 heteroatoms. The lowest BCUT2D eigenvalue weighted by Gasteiger charge is -2.07. The molecule has 1 rings (SSSR count). The fourth-order valence-electron chi connectivity index (χ4n) is 1.17. The van der Waals surface area contributed by atoms with Crippen molar-refractivity contribution in [2.75, 3.05) is 13.2 Å². The van der Waals surface area contributed by atoms with E-state index in [1.807, 2.05) is 6.07 Å². The average molecular weight is 288 g/mol. The molecule has 0 amide bonds. The fraction of sp³-hybridized carbons (Fsp3) is 0.364. The van der Waals surface area contributed by atoms with Crippen molar-refractivity contribution in [3.05, 3.63) is 28.2 Å². The van der Waals surface area contributed by atoms with Crippen LogP contribution in [0.5, 0.6) is 5.75 Å². The van der Waals surface area contributed by atoms with Crippen LogP contribution in [-0.2, 0) is 16.1 Å². The van der Waals surface area contributed by atoms with Crippen LogP contribution in [0.25, 0.3) is 0 Å². The molecule has 4 nitrogen and oxygen atoms in total. The van der Waals surface area contributed by atoms with Gasteiger partial charge in [0.2, 0.25) is 0 Å². The van der Waals surface area contributed by atoms with Gasteiger partial charge in [0.25, 0.3) is 0 Å². The van der Waals surface area contributed by atoms with Gasteiger partial charge in [0, 0.05) is 11.0 Å². The lowest BCUT2D eigenvalue weighted by molar-refractivity contribution is -0.145. The number of carbonyl (C=O) groups excluding carboxylic acids is 1. The summed E-state index contributed by atoms with van der Waals surface area (Å²) >= 11 is 3.34. The first kappa shape index (κ1) is 13.0. The smallest absolute Gasteiger partial charge is 0.344 e. The number of benzene rings is 1. The van der Waals surface area contributed by atoms with Crippen molar-refractivity contribution >= 4 is 21.9 Å². The van der Waals surface area contributed by atoms with Crippen LogP contribution in [-0.4, -0.2) is 19.2 Å². The molecule has 0 aliphatic rings. The van der Waals surface area contributed by atoms with E-state index in [4.69, 9.17) is 15.2 Å². The van der Waals surface area contributed by atoms with Crippen molar-refractivity contribution in [3.8, 4) is 5.75 Å². The molecule has 1 aromatic carbocycles. The van der Waals surface area contributed by atoms with E-state index in [9.17, 15) is 4.79 Å². The molecular weight excluding hydrogens is 274 g/mol. The highest BCUT2D eigenvalue weighted by Gasteiger charge is 2.04. The normalized spacial score (nSPS) is 9.94. The third-order valence-corrected chi connectivity index (χ3v) is 2.29. The van der Waals surface area contributed by atoms with Gasteiger partial charge in [-0.3, -0.25) is 0 Å². The summed E-state index contributed by atoms with van der Waals surface area (Å²) in [5.41, 5.74) is 6.46. The van der Waals surface area contributed by atoms with Gasteiger partial charge in [0.1, 0.15) is 5.75 Å². The predicted octanol–water partition coefficient (Wildman–Crippen LogP) is 1.85. The second-order valence-corrected chi connectivity index (χ2v) is 4.01. The Balaban J connectivity index is 2.59. The van der Waals surface area contributed by atoms with Gasteiger partial charge >= 0.3 is 5.97 Å². The number of rotatable bonds is 5. The maximum atomic E-state index is 11.1. The van der Waals surface area contributed by atoms with Gasteiger partial charge in [-0.15, -0.1) is 0 Å². The minimum Gasteiger partial charge on any atom is -0.482 e. The number of nitrogens with two attached hydrogens (primary N) is 1. The van der Waals surface area contributed by atoms with Crippen molar-refractivity contribution in [2.45, 2.75) is 13.5 Å². The lowest BCUT2D eigenvalue weighted by Crippen LogP contribution is -2.14. The Labute approximate surface area is 103 Å². The Bertz CT molecular complexity index is 368. The zero-order valence-corrected chi connectivity index (χ0v) is 10.6. The number of halogens is 1. The SMILES string of the molecule is CCOC(=O)COc1cc(Br)cc(CN)c1. The molecule has 88 valence electrons. The summed E-state index contributed by atoms with van der Waals surface area (Å²) in [7, 11) is 0. The molecule has 2 N–H and O–H groups in total. The Morgan fingerprint density at radius 1 is 1.44 bits per heavy atom. The van der Waals surface area contributed by atoms with Gasteiger partial charge in [0.15, 0.2) is 6.61 Å². The van der Waals surface area contributed by atoms with Crippen LogP contribution in [0.3, 0.4) is 0 Å². The summed E-state index contributed by atoms with van der Waals surface area (Å²) in [5, 5.41) is 0. The molecule has 0 saturated carbocycles. The van der Waals surface area contributed by atoms with Crippen molar-refractivity contribution < 1.29 is 14.3 Å². The topological polar surface area (TPSA) is 61.5 Å². The molecule has 16 heavy (non-hydrogen) atoms. The van der Waals surface area contributed by atoms with Crippen molar-refractivity contribution in [3.63, 3.8) is 0 Å². The van der Waals surface area contributed by atoms with Gasteiger partial charge in [-0.05, 0) is 30.7 Å². The monoisotopic (exact) mass is 287 g/mol. The number of hydrogen-bond donors (Lipinski definition) is 1. The average Bonchev–Trinajstić information content (AvgIpc) is 2.26. The molecule has 0 saturated heterocycles. The number of hydrogen-bond acceptors (Lipinski definition) is 4. The van der Waals surface area contributed by atoms with Crippen molar-refractivity contribution in [1.29, 1.82) is 0 Å². The quantitative estimate of drug-likeness (QED) is 0.840. The fourth-order valence-corrected chi connectivity index (χ4v) is 1.69. The molecule has 0 aliphatic carbocycles. The zero-order chi connectivity index (χ0) is 12.0. The van der Waals surface area contributed by atoms with Gasteiger partial charge < -0.3 is 15.2 Å². The predicted molar refractivity (Wildman–Crippen MR) is 64.2 cm³/mol. The van der Waals surface area contributed by atoms with E-state index in [1.165, 1.54) is 0 Å². The van der Waals surface area contributed by atoms with Crippen molar-refractivity contribution in [1.82, 2.24) is 0 Å². The molecule has 0 aliphatic heterocycles. The van der Waals surface area contributed by atoms with E-state index in [2.05, 4.69) is 15.9 Å². The third-order valence-electron chi connectivity index (χ3n) is 1.83. The Hall–Kier alpha value is -1.07. The van der Waals surface area contributed by atoms with E-state index in [1.54, 1.807) is 19.1 Å². The van der Waals surface area contributed by atoms with Crippen LogP contribution < -0.4 is 10.5 Å². The van der Waals surface area contributed by atoms with Gasteiger partial charge in [-0.1, -0.05) is 15.9 Å². The highest BCUT2D eigenvalue weighted by atomic mass is 79.9. The van der Waals surface area contributed by atoms with Crippen LogP contribution >= 0.6 is 15.9 Å². The Morgan fingerprint density at radius 3 is 2.81 bits per heavy atom. The molecule has 1 aromatic rings. The van der Waals surface area contributed by atoms with Gasteiger partial charge in [-0.25, -0.2) is 4.79 Å². The zero-order valence-electron chi connectivity index (χ0n) is 9.03. The van der Waals surface area contributed by atoms with Crippen LogP contribution in [0.1, 0.15) is 12.5 Å². The molecule has 0 aromatic heterocycles. The van der Waals surface area contributed by atoms with E-state index in [0.29, 0.717) is 18.9 Å². The molecule has 0 unspecified atom stereocenters. The Morgan fingerprint density at radius 2 is 2.19 bits per heavy atom. The number of ether oxygens (including phenoxy) is 2. The standard InChI is InChI=1S/C11H14BrNO3/c1-2-15-11(14)7-16-10-4-8(6-13)3-9(12)5-10/h3-5H,2,6-7,13H2,1H3. The van der Waals surface area contributed by atoms with Crippen LogP contribution in [0, 0.1) is 0 Å². The summed E-state index contributed by atoms with van der Waals surface area (Å²) < 4.78 is 10.9. The van der Waals surface area contributed by atoms with E-state index in [0.717, 1.165) is 10.0 Å². The minimum absolute atomic E-state index is 0.0890. The van der Waals surface area contributed by atoms with Gasteiger partial charge in [0.05, 0.1) is 6.61 Å². The molecule has 0 spiro atoms.